The maximum Gasteiger partial charge on any atom is 0.130 e. The van der Waals surface area contributed by atoms with E-state index in [1.54, 1.807) is 24.3 Å². The molecule has 0 amide bonds. The summed E-state index contributed by atoms with van der Waals surface area (Å²) in [5, 5.41) is 8.56. The number of aliphatic hydroxyl groups is 1. The van der Waals surface area contributed by atoms with Gasteiger partial charge in [0, 0.05) is 0 Å². The number of ether oxygens (including phenoxy) is 1. The molecule has 0 bridgehead atoms. The van der Waals surface area contributed by atoms with Crippen LogP contribution in [0.4, 0.5) is 4.39 Å². The summed E-state index contributed by atoms with van der Waals surface area (Å²) < 4.78 is 18.7. The van der Waals surface area contributed by atoms with E-state index in [4.69, 9.17) is 9.84 Å². The third-order valence-electron chi connectivity index (χ3n) is 1.88. The Labute approximate surface area is 83.3 Å². The minimum absolute atomic E-state index is 0.0384. The molecule has 1 aromatic rings. The zero-order chi connectivity index (χ0) is 10.6. The van der Waals surface area contributed by atoms with E-state index in [2.05, 4.69) is 0 Å². The summed E-state index contributed by atoms with van der Waals surface area (Å²) >= 11 is 0. The van der Waals surface area contributed by atoms with Gasteiger partial charge in [-0.05, 0) is 31.5 Å². The number of rotatable bonds is 4. The van der Waals surface area contributed by atoms with Gasteiger partial charge in [-0.1, -0.05) is 12.1 Å². The highest BCUT2D eigenvalue weighted by molar-refractivity contribution is 5.31. The van der Waals surface area contributed by atoms with Crippen LogP contribution in [0.3, 0.4) is 0 Å². The van der Waals surface area contributed by atoms with Crippen molar-refractivity contribution in [3.8, 4) is 5.75 Å². The second-order valence-electron chi connectivity index (χ2n) is 3.57. The molecule has 0 aliphatic rings. The Morgan fingerprint density at radius 3 is 2.71 bits per heavy atom. The molecule has 0 radical (unpaired) electrons. The minimum Gasteiger partial charge on any atom is -0.491 e. The van der Waals surface area contributed by atoms with Gasteiger partial charge in [-0.2, -0.15) is 0 Å². The molecule has 0 saturated carbocycles. The maximum atomic E-state index is 13.5. The van der Waals surface area contributed by atoms with Gasteiger partial charge in [-0.15, -0.1) is 0 Å². The first-order valence-corrected chi connectivity index (χ1v) is 4.57. The van der Waals surface area contributed by atoms with Crippen molar-refractivity contribution in [3.05, 3.63) is 29.8 Å². The average Bonchev–Trinajstić information content (AvgIpc) is 2.14. The minimum atomic E-state index is -1.36. The normalized spacial score (nSPS) is 11.4. The van der Waals surface area contributed by atoms with E-state index >= 15 is 0 Å². The van der Waals surface area contributed by atoms with Crippen molar-refractivity contribution in [2.45, 2.75) is 19.5 Å². The van der Waals surface area contributed by atoms with E-state index in [0.29, 0.717) is 11.3 Å². The lowest BCUT2D eigenvalue weighted by Crippen LogP contribution is -2.09. The lowest BCUT2D eigenvalue weighted by molar-refractivity contribution is 0.198. The van der Waals surface area contributed by atoms with Crippen LogP contribution in [0.1, 0.15) is 19.4 Å². The van der Waals surface area contributed by atoms with Crippen LogP contribution in [-0.4, -0.2) is 18.3 Å². The number of hydrogen-bond donors (Lipinski definition) is 1. The fourth-order valence-electron chi connectivity index (χ4n) is 1.12. The Bertz CT molecular complexity index is 292. The SMILES string of the molecule is CC(C)(F)c1cccc(OCCO)c1. The van der Waals surface area contributed by atoms with Gasteiger partial charge in [0.15, 0.2) is 0 Å². The first kappa shape index (κ1) is 11.0. The van der Waals surface area contributed by atoms with Crippen molar-refractivity contribution in [2.24, 2.45) is 0 Å². The average molecular weight is 198 g/mol. The monoisotopic (exact) mass is 198 g/mol. The zero-order valence-corrected chi connectivity index (χ0v) is 8.46. The van der Waals surface area contributed by atoms with Crippen LogP contribution < -0.4 is 4.74 Å². The zero-order valence-electron chi connectivity index (χ0n) is 8.46. The van der Waals surface area contributed by atoms with Crippen molar-refractivity contribution >= 4 is 0 Å². The summed E-state index contributed by atoms with van der Waals surface area (Å²) in [5.41, 5.74) is -0.786. The molecule has 1 rings (SSSR count). The van der Waals surface area contributed by atoms with Gasteiger partial charge < -0.3 is 9.84 Å². The largest absolute Gasteiger partial charge is 0.491 e. The Balaban J connectivity index is 2.79. The van der Waals surface area contributed by atoms with Crippen molar-refractivity contribution < 1.29 is 14.2 Å². The molecule has 2 nitrogen and oxygen atoms in total. The van der Waals surface area contributed by atoms with Crippen molar-refractivity contribution in [1.82, 2.24) is 0 Å². The second kappa shape index (κ2) is 4.42. The van der Waals surface area contributed by atoms with Gasteiger partial charge in [-0.25, -0.2) is 4.39 Å². The van der Waals surface area contributed by atoms with Crippen molar-refractivity contribution in [3.63, 3.8) is 0 Å². The molecule has 0 aromatic heterocycles. The van der Waals surface area contributed by atoms with Crippen molar-refractivity contribution in [2.75, 3.05) is 13.2 Å². The van der Waals surface area contributed by atoms with E-state index in [9.17, 15) is 4.39 Å². The molecule has 0 fully saturated rings. The van der Waals surface area contributed by atoms with Gasteiger partial charge in [0.05, 0.1) is 6.61 Å². The fraction of sp³-hybridized carbons (Fsp3) is 0.455. The summed E-state index contributed by atoms with van der Waals surface area (Å²) in [6, 6.07) is 6.84. The number of aliphatic hydroxyl groups excluding tert-OH is 1. The predicted octanol–water partition coefficient (Wildman–Crippen LogP) is 2.26. The first-order valence-electron chi connectivity index (χ1n) is 4.57. The molecule has 0 heterocycles. The molecule has 3 heteroatoms. The highest BCUT2D eigenvalue weighted by Crippen LogP contribution is 2.27. The van der Waals surface area contributed by atoms with E-state index < -0.39 is 5.67 Å². The van der Waals surface area contributed by atoms with Gasteiger partial charge in [0.25, 0.3) is 0 Å². The number of alkyl halides is 1. The summed E-state index contributed by atoms with van der Waals surface area (Å²) in [6.07, 6.45) is 0. The standard InChI is InChI=1S/C11H15FO2/c1-11(2,12)9-4-3-5-10(8-9)14-7-6-13/h3-5,8,13H,6-7H2,1-2H3. The summed E-state index contributed by atoms with van der Waals surface area (Å²) in [7, 11) is 0. The highest BCUT2D eigenvalue weighted by Gasteiger charge is 2.18. The van der Waals surface area contributed by atoms with Crippen LogP contribution in [0, 0.1) is 0 Å². The molecule has 0 atom stereocenters. The Hall–Kier alpha value is -1.09. The molecule has 1 aromatic carbocycles. The van der Waals surface area contributed by atoms with Gasteiger partial charge >= 0.3 is 0 Å². The van der Waals surface area contributed by atoms with Crippen molar-refractivity contribution in [1.29, 1.82) is 0 Å². The van der Waals surface area contributed by atoms with Gasteiger partial charge in [0.2, 0.25) is 0 Å². The molecule has 0 aliphatic carbocycles. The van der Waals surface area contributed by atoms with Crippen LogP contribution >= 0.6 is 0 Å². The van der Waals surface area contributed by atoms with E-state index in [1.165, 1.54) is 13.8 Å². The lowest BCUT2D eigenvalue weighted by Gasteiger charge is -2.15. The molecule has 0 unspecified atom stereocenters. The molecule has 0 spiro atoms. The van der Waals surface area contributed by atoms with E-state index in [-0.39, 0.29) is 13.2 Å². The third-order valence-corrected chi connectivity index (χ3v) is 1.88. The lowest BCUT2D eigenvalue weighted by atomic mass is 10.0. The molecule has 0 aliphatic heterocycles. The Morgan fingerprint density at radius 1 is 1.43 bits per heavy atom. The summed E-state index contributed by atoms with van der Waals surface area (Å²) in [6.45, 7) is 3.19. The van der Waals surface area contributed by atoms with Crippen LogP contribution in [0.5, 0.6) is 5.75 Å². The predicted molar refractivity (Wildman–Crippen MR) is 53.2 cm³/mol. The van der Waals surface area contributed by atoms with Crippen LogP contribution in [0.2, 0.25) is 0 Å². The third kappa shape index (κ3) is 3.00. The van der Waals surface area contributed by atoms with E-state index in [0.717, 1.165) is 0 Å². The second-order valence-corrected chi connectivity index (χ2v) is 3.57. The molecule has 14 heavy (non-hydrogen) atoms. The summed E-state index contributed by atoms with van der Waals surface area (Å²) in [5.74, 6) is 0.585. The number of hydrogen-bond acceptors (Lipinski definition) is 2. The molecule has 0 saturated heterocycles. The first-order chi connectivity index (χ1) is 6.54. The van der Waals surface area contributed by atoms with Gasteiger partial charge in [-0.3, -0.25) is 0 Å². The number of benzene rings is 1. The van der Waals surface area contributed by atoms with Gasteiger partial charge in [0.1, 0.15) is 18.0 Å². The smallest absolute Gasteiger partial charge is 0.130 e. The van der Waals surface area contributed by atoms with Crippen LogP contribution in [0.25, 0.3) is 0 Å². The van der Waals surface area contributed by atoms with Crippen LogP contribution in [0.15, 0.2) is 24.3 Å². The number of halogens is 1. The maximum absolute atomic E-state index is 13.5. The molecule has 78 valence electrons. The Kier molecular flexibility index (Phi) is 3.47. The Morgan fingerprint density at radius 2 is 2.14 bits per heavy atom. The van der Waals surface area contributed by atoms with E-state index in [1.807, 2.05) is 0 Å². The summed E-state index contributed by atoms with van der Waals surface area (Å²) in [4.78, 5) is 0. The topological polar surface area (TPSA) is 29.5 Å². The van der Waals surface area contributed by atoms with Crippen LogP contribution in [-0.2, 0) is 5.67 Å². The molecule has 1 N–H and O–H groups in total. The fourth-order valence-corrected chi connectivity index (χ4v) is 1.12. The highest BCUT2D eigenvalue weighted by atomic mass is 19.1. The molecular weight excluding hydrogens is 183 g/mol. The quantitative estimate of drug-likeness (QED) is 0.804. The molecular formula is C11H15FO2.